The Morgan fingerprint density at radius 3 is 1.67 bits per heavy atom. The molecule has 0 saturated carbocycles. The minimum atomic E-state index is -3.80. The predicted molar refractivity (Wildman–Crippen MR) is 205 cm³/mol. The standard InChI is InChI=1S/C11H13NO5S.C5H6N2O2.C5H9NO2.C5H11NO2.C5H9NO.C4H9NO3/c1-8-2-4-10(5-3-8)18(14,15)16-7-9-6-12-11(13)17-9;1-6-2-4-3-7-5(8)9-4;1-2-4-3-6-5(7)8-4;1-2-4(7)3-5(6)8;1-2-5(7)3-4-6;5-2-3(6)1-4(7)8/h2-5,9H,6-7H2,1H3,(H,12,13);4H,2-3H2,(H,7,8);4H,2-3H2,1H3,(H,6,7);4,7H,2-3H2,1H3,(H2,6,8);5,7H,2-3H2,1H3;3,6H,1-2,5H2,(H,7,8)/t9-;3*4-;5-;3-/m011111/s1. The van der Waals surface area contributed by atoms with Crippen molar-refractivity contribution in [1.29, 1.82) is 5.26 Å². The van der Waals surface area contributed by atoms with Gasteiger partial charge in [0.05, 0.1) is 68.2 Å². The van der Waals surface area contributed by atoms with E-state index in [1.807, 2.05) is 26.8 Å². The Bertz CT molecular complexity index is 1550. The highest BCUT2D eigenvalue weighted by atomic mass is 32.2. The summed E-state index contributed by atoms with van der Waals surface area (Å²) in [4.78, 5) is 54.3. The SMILES string of the molecule is CC[C@@H](O)CC#N.CC[C@@H](O)CC(N)=O.CC[C@@H]1CNC(=O)O1.Cc1ccc(S(=O)(=O)OC[C@@H]2CNC(=O)O2)cc1.NC[C@H](O)CC(=O)O.[C-]#[N+]C[C@@H]1CNC(=O)O1. The third-order valence-electron chi connectivity index (χ3n) is 7.10. The Balaban J connectivity index is 0. The van der Waals surface area contributed by atoms with Gasteiger partial charge in [0.1, 0.15) is 18.8 Å². The van der Waals surface area contributed by atoms with Crippen molar-refractivity contribution in [2.45, 2.75) is 108 Å². The molecule has 0 spiro atoms. The molecule has 1 aromatic carbocycles. The van der Waals surface area contributed by atoms with Gasteiger partial charge in [-0.25, -0.2) is 21.0 Å². The van der Waals surface area contributed by atoms with Crippen molar-refractivity contribution in [3.05, 3.63) is 41.2 Å². The smallest absolute Gasteiger partial charge is 0.407 e. The molecular weight excluding hydrogens is 790 g/mol. The highest BCUT2D eigenvalue weighted by Crippen LogP contribution is 2.14. The van der Waals surface area contributed by atoms with E-state index in [1.54, 1.807) is 19.1 Å². The number of rotatable bonds is 14. The van der Waals surface area contributed by atoms with Gasteiger partial charge in [-0.2, -0.15) is 13.7 Å². The molecule has 4 rings (SSSR count). The number of carboxylic acid groups (broad SMARTS) is 1. The fourth-order valence-corrected chi connectivity index (χ4v) is 4.61. The summed E-state index contributed by atoms with van der Waals surface area (Å²) in [6, 6.07) is 8.20. The van der Waals surface area contributed by atoms with Crippen LogP contribution in [0.2, 0.25) is 0 Å². The van der Waals surface area contributed by atoms with Crippen LogP contribution in [0.25, 0.3) is 4.85 Å². The van der Waals surface area contributed by atoms with Gasteiger partial charge in [-0.15, -0.1) is 0 Å². The maximum absolute atomic E-state index is 11.8. The largest absolute Gasteiger partial charge is 0.481 e. The number of carboxylic acids is 1. The lowest BCUT2D eigenvalue weighted by molar-refractivity contribution is -0.139. The number of hydrogen-bond acceptors (Lipinski definition) is 16. The van der Waals surface area contributed by atoms with Gasteiger partial charge in [0, 0.05) is 6.54 Å². The maximum atomic E-state index is 11.8. The number of aliphatic hydroxyl groups is 3. The number of carbonyl (C=O) groups excluding carboxylic acids is 4. The number of carbonyl (C=O) groups is 5. The third kappa shape index (κ3) is 29.0. The number of nitrogens with zero attached hydrogens (tertiary/aromatic N) is 2. The number of hydrogen-bond donors (Lipinski definition) is 9. The van der Waals surface area contributed by atoms with E-state index in [9.17, 15) is 32.4 Å². The number of cyclic esters (lactones) is 3. The third-order valence-corrected chi connectivity index (χ3v) is 8.40. The topological polar surface area (TPSA) is 354 Å². The van der Waals surface area contributed by atoms with Gasteiger partial charge in [0.2, 0.25) is 5.91 Å². The Morgan fingerprint density at radius 1 is 0.897 bits per heavy atom. The number of alkyl carbamates (subject to hydrolysis) is 3. The molecule has 4 amide bonds. The number of nitrogens with two attached hydrogens (primary N) is 2. The second-order valence-electron chi connectivity index (χ2n) is 12.2. The van der Waals surface area contributed by atoms with Gasteiger partial charge in [-0.05, 0) is 38.3 Å². The average Bonchev–Trinajstić information content (AvgIpc) is 3.92. The molecule has 328 valence electrons. The number of nitriles is 1. The normalized spacial score (nSPS) is 18.7. The Morgan fingerprint density at radius 2 is 1.38 bits per heavy atom. The van der Waals surface area contributed by atoms with Crippen molar-refractivity contribution in [2.24, 2.45) is 11.5 Å². The van der Waals surface area contributed by atoms with E-state index in [-0.39, 0.29) is 68.7 Å². The first kappa shape index (κ1) is 54.8. The number of ether oxygens (including phenoxy) is 3. The van der Waals surface area contributed by atoms with Crippen molar-refractivity contribution < 1.29 is 71.2 Å². The predicted octanol–water partition coefficient (Wildman–Crippen LogP) is 0.412. The first-order chi connectivity index (χ1) is 27.3. The van der Waals surface area contributed by atoms with Crippen LogP contribution in [-0.4, -0.2) is 135 Å². The molecular formula is C35H57N7O15S. The van der Waals surface area contributed by atoms with E-state index in [2.05, 4.69) is 25.5 Å². The van der Waals surface area contributed by atoms with E-state index in [4.69, 9.17) is 57.4 Å². The second-order valence-corrected chi connectivity index (χ2v) is 13.8. The van der Waals surface area contributed by atoms with Crippen LogP contribution in [-0.2, 0) is 38.1 Å². The lowest BCUT2D eigenvalue weighted by Gasteiger charge is -2.09. The van der Waals surface area contributed by atoms with Gasteiger partial charge < -0.3 is 66.9 Å². The lowest BCUT2D eigenvalue weighted by atomic mass is 10.2. The minimum absolute atomic E-state index is 0.00625. The summed E-state index contributed by atoms with van der Waals surface area (Å²) in [7, 11) is -3.80. The van der Waals surface area contributed by atoms with Crippen molar-refractivity contribution in [3.63, 3.8) is 0 Å². The highest BCUT2D eigenvalue weighted by Gasteiger charge is 2.26. The van der Waals surface area contributed by atoms with Crippen LogP contribution in [0.4, 0.5) is 14.4 Å². The van der Waals surface area contributed by atoms with E-state index >= 15 is 0 Å². The van der Waals surface area contributed by atoms with Crippen LogP contribution in [0, 0.1) is 24.8 Å². The van der Waals surface area contributed by atoms with Gasteiger partial charge in [-0.3, -0.25) is 13.8 Å². The molecule has 1 aromatic rings. The molecule has 3 heterocycles. The summed E-state index contributed by atoms with van der Waals surface area (Å²) in [6.45, 7) is 15.4. The molecule has 0 aromatic heterocycles. The Labute approximate surface area is 338 Å². The van der Waals surface area contributed by atoms with Crippen molar-refractivity contribution >= 4 is 40.3 Å². The molecule has 3 aliphatic heterocycles. The number of aliphatic carboxylic acids is 1. The van der Waals surface area contributed by atoms with E-state index in [1.165, 1.54) is 12.1 Å². The van der Waals surface area contributed by atoms with Crippen LogP contribution in [0.1, 0.15) is 64.9 Å². The lowest BCUT2D eigenvalue weighted by Crippen LogP contribution is -2.22. The summed E-state index contributed by atoms with van der Waals surface area (Å²) in [6.07, 6.45) is -1.56. The number of benzene rings is 1. The zero-order valence-corrected chi connectivity index (χ0v) is 33.8. The van der Waals surface area contributed by atoms with Crippen molar-refractivity contribution in [1.82, 2.24) is 16.0 Å². The number of nitrogens with one attached hydrogen (secondary N) is 3. The van der Waals surface area contributed by atoms with Gasteiger partial charge >= 0.3 is 24.2 Å². The Kier molecular flexibility index (Phi) is 30.0. The van der Waals surface area contributed by atoms with Crippen LogP contribution < -0.4 is 27.4 Å². The zero-order valence-electron chi connectivity index (χ0n) is 33.0. The molecule has 58 heavy (non-hydrogen) atoms. The molecule has 0 aliphatic carbocycles. The maximum Gasteiger partial charge on any atom is 0.407 e. The molecule has 11 N–H and O–H groups in total. The molecule has 3 saturated heterocycles. The van der Waals surface area contributed by atoms with Crippen molar-refractivity contribution in [3.8, 4) is 6.07 Å². The first-order valence-corrected chi connectivity index (χ1v) is 19.4. The minimum Gasteiger partial charge on any atom is -0.481 e. The summed E-state index contributed by atoms with van der Waals surface area (Å²) in [5, 5.41) is 49.3. The first-order valence-electron chi connectivity index (χ1n) is 18.0. The molecule has 22 nitrogen and oxygen atoms in total. The second kappa shape index (κ2) is 31.7. The Hall–Kier alpha value is -5.30. The summed E-state index contributed by atoms with van der Waals surface area (Å²) in [5.41, 5.74) is 10.6. The zero-order chi connectivity index (χ0) is 44.7. The van der Waals surface area contributed by atoms with E-state index < -0.39 is 58.6 Å². The van der Waals surface area contributed by atoms with Crippen LogP contribution in [0.5, 0.6) is 0 Å². The van der Waals surface area contributed by atoms with Crippen LogP contribution >= 0.6 is 0 Å². The fraction of sp³-hybridized carbons (Fsp3) is 0.629. The number of aliphatic hydroxyl groups excluding tert-OH is 3. The number of amides is 4. The summed E-state index contributed by atoms with van der Waals surface area (Å²) < 4.78 is 42.6. The van der Waals surface area contributed by atoms with Gasteiger partial charge in [-0.1, -0.05) is 38.5 Å². The monoisotopic (exact) mass is 847 g/mol. The van der Waals surface area contributed by atoms with Gasteiger partial charge in [0.15, 0.2) is 6.10 Å². The highest BCUT2D eigenvalue weighted by molar-refractivity contribution is 7.86. The summed E-state index contributed by atoms with van der Waals surface area (Å²) >= 11 is 0. The number of primary amides is 1. The molecule has 0 unspecified atom stereocenters. The van der Waals surface area contributed by atoms with Crippen LogP contribution in [0.3, 0.4) is 0 Å². The van der Waals surface area contributed by atoms with Crippen LogP contribution in [0.15, 0.2) is 29.2 Å². The van der Waals surface area contributed by atoms with Crippen molar-refractivity contribution in [2.75, 3.05) is 39.3 Å². The number of aryl methyl sites for hydroxylation is 1. The molecule has 0 bridgehead atoms. The fourth-order valence-electron chi connectivity index (χ4n) is 3.67. The van der Waals surface area contributed by atoms with Gasteiger partial charge in [0.25, 0.3) is 16.7 Å². The molecule has 23 heteroatoms. The average molecular weight is 848 g/mol. The molecule has 3 fully saturated rings. The van der Waals surface area contributed by atoms with E-state index in [0.717, 1.165) is 12.0 Å². The molecule has 0 radical (unpaired) electrons. The van der Waals surface area contributed by atoms with E-state index in [0.29, 0.717) is 25.9 Å². The molecule has 6 atom stereocenters. The summed E-state index contributed by atoms with van der Waals surface area (Å²) in [5.74, 6) is -1.47. The quantitative estimate of drug-likeness (QED) is 0.0695. The molecule has 3 aliphatic rings.